The molecule has 0 fully saturated rings. The monoisotopic (exact) mass is 734 g/mol. The summed E-state index contributed by atoms with van der Waals surface area (Å²) in [4.78, 5) is 10.0. The van der Waals surface area contributed by atoms with E-state index in [1.807, 2.05) is 12.4 Å². The molecule has 0 unspecified atom stereocenters. The second-order valence-electron chi connectivity index (χ2n) is 16.2. The van der Waals surface area contributed by atoms with Crippen molar-refractivity contribution in [2.24, 2.45) is 0 Å². The SMILES string of the molecule is CC(C)c1ccnc(-n2c3ccccc3c3ccc(C4(c5ccc6c7ccccc7n(-c7cc(C(C)C)ccn7)c6c5)c5ccccc5-c5ccccc54)cc32)c1. The number of fused-ring (bicyclic) bond motifs is 9. The summed E-state index contributed by atoms with van der Waals surface area (Å²) in [5, 5.41) is 4.87. The molecule has 10 aromatic rings. The second kappa shape index (κ2) is 12.6. The number of hydrogen-bond donors (Lipinski definition) is 0. The molecule has 4 nitrogen and oxygen atoms in total. The molecule has 0 spiro atoms. The predicted molar refractivity (Wildman–Crippen MR) is 236 cm³/mol. The van der Waals surface area contributed by atoms with Crippen LogP contribution in [0.2, 0.25) is 0 Å². The second-order valence-corrected chi connectivity index (χ2v) is 16.2. The molecule has 0 saturated heterocycles. The van der Waals surface area contributed by atoms with E-state index < -0.39 is 5.41 Å². The van der Waals surface area contributed by atoms with Gasteiger partial charge in [0.2, 0.25) is 0 Å². The molecular formula is C53H42N4. The Kier molecular flexibility index (Phi) is 7.43. The Hall–Kier alpha value is -6.78. The van der Waals surface area contributed by atoms with Gasteiger partial charge in [-0.05, 0) is 105 Å². The van der Waals surface area contributed by atoms with Crippen molar-refractivity contribution in [3.05, 3.63) is 203 Å². The zero-order chi connectivity index (χ0) is 38.4. The van der Waals surface area contributed by atoms with Gasteiger partial charge in [0, 0.05) is 33.9 Å². The quantitative estimate of drug-likeness (QED) is 0.170. The Labute approximate surface area is 332 Å². The van der Waals surface area contributed by atoms with Gasteiger partial charge in [0.1, 0.15) is 11.6 Å². The highest BCUT2D eigenvalue weighted by molar-refractivity contribution is 6.11. The first-order chi connectivity index (χ1) is 27.9. The number of pyridine rings is 2. The molecule has 1 aliphatic rings. The van der Waals surface area contributed by atoms with E-state index in [1.54, 1.807) is 0 Å². The predicted octanol–water partition coefficient (Wildman–Crippen LogP) is 13.3. The van der Waals surface area contributed by atoms with E-state index >= 15 is 0 Å². The lowest BCUT2D eigenvalue weighted by atomic mass is 9.67. The third-order valence-electron chi connectivity index (χ3n) is 12.5. The third-order valence-corrected chi connectivity index (χ3v) is 12.5. The molecule has 1 aliphatic carbocycles. The Balaban J connectivity index is 1.26. The summed E-state index contributed by atoms with van der Waals surface area (Å²) >= 11 is 0. The summed E-state index contributed by atoms with van der Waals surface area (Å²) in [6.07, 6.45) is 3.92. The maximum Gasteiger partial charge on any atom is 0.137 e. The molecule has 11 rings (SSSR count). The maximum absolute atomic E-state index is 5.00. The van der Waals surface area contributed by atoms with Crippen LogP contribution in [0.25, 0.3) is 66.4 Å². The van der Waals surface area contributed by atoms with Gasteiger partial charge in [0.05, 0.1) is 27.5 Å². The van der Waals surface area contributed by atoms with E-state index in [2.05, 4.69) is 195 Å². The van der Waals surface area contributed by atoms with Crippen LogP contribution in [-0.4, -0.2) is 19.1 Å². The summed E-state index contributed by atoms with van der Waals surface area (Å²) in [5.74, 6) is 2.65. The van der Waals surface area contributed by atoms with Crippen molar-refractivity contribution in [3.8, 4) is 22.8 Å². The van der Waals surface area contributed by atoms with Crippen LogP contribution in [0.5, 0.6) is 0 Å². The molecule has 4 aromatic heterocycles. The topological polar surface area (TPSA) is 35.6 Å². The van der Waals surface area contributed by atoms with Gasteiger partial charge in [-0.25, -0.2) is 9.97 Å². The lowest BCUT2D eigenvalue weighted by molar-refractivity contribution is 0.770. The van der Waals surface area contributed by atoms with Crippen molar-refractivity contribution in [1.82, 2.24) is 19.1 Å². The standard InChI is InChI=1S/C53H42N4/c1-33(2)35-25-27-54-51(29-35)56-47-19-11-7-15-41(47)43-23-21-37(31-49(43)56)53(45-17-9-5-13-39(45)40-14-6-10-18-46(40)53)38-22-24-44-42-16-8-12-20-48(42)57(50(44)32-38)52-30-36(34(3)4)26-28-55-52/h5-34H,1-4H3. The normalized spacial score (nSPS) is 13.4. The minimum absolute atomic E-state index is 0.388. The van der Waals surface area contributed by atoms with Crippen molar-refractivity contribution >= 4 is 43.6 Å². The fourth-order valence-electron chi connectivity index (χ4n) is 9.76. The molecule has 6 aromatic carbocycles. The van der Waals surface area contributed by atoms with E-state index in [0.717, 1.165) is 33.7 Å². The highest BCUT2D eigenvalue weighted by atomic mass is 15.1. The molecule has 4 heterocycles. The molecule has 0 bridgehead atoms. The molecule has 57 heavy (non-hydrogen) atoms. The number of nitrogens with zero attached hydrogens (tertiary/aromatic N) is 4. The van der Waals surface area contributed by atoms with Gasteiger partial charge in [0.15, 0.2) is 0 Å². The minimum Gasteiger partial charge on any atom is -0.294 e. The van der Waals surface area contributed by atoms with Crippen LogP contribution in [0.4, 0.5) is 0 Å². The lowest BCUT2D eigenvalue weighted by Crippen LogP contribution is -2.28. The van der Waals surface area contributed by atoms with Crippen molar-refractivity contribution in [2.75, 3.05) is 0 Å². The average molecular weight is 735 g/mol. The van der Waals surface area contributed by atoms with E-state index in [-0.39, 0.29) is 0 Å². The fourth-order valence-corrected chi connectivity index (χ4v) is 9.76. The zero-order valence-corrected chi connectivity index (χ0v) is 32.6. The van der Waals surface area contributed by atoms with Crippen LogP contribution in [0.15, 0.2) is 170 Å². The van der Waals surface area contributed by atoms with Crippen LogP contribution in [-0.2, 0) is 5.41 Å². The first kappa shape index (κ1) is 33.5. The average Bonchev–Trinajstić information content (AvgIpc) is 3.87. The van der Waals surface area contributed by atoms with Gasteiger partial charge >= 0.3 is 0 Å². The number of benzene rings is 6. The molecule has 274 valence electrons. The van der Waals surface area contributed by atoms with Gasteiger partial charge in [-0.1, -0.05) is 137 Å². The van der Waals surface area contributed by atoms with Crippen molar-refractivity contribution in [2.45, 2.75) is 44.9 Å². The van der Waals surface area contributed by atoms with Crippen molar-refractivity contribution in [3.63, 3.8) is 0 Å². The lowest BCUT2D eigenvalue weighted by Gasteiger charge is -2.34. The van der Waals surface area contributed by atoms with Crippen molar-refractivity contribution in [1.29, 1.82) is 0 Å². The Morgan fingerprint density at radius 2 is 0.807 bits per heavy atom. The van der Waals surface area contributed by atoms with E-state index in [4.69, 9.17) is 9.97 Å². The van der Waals surface area contributed by atoms with Gasteiger partial charge in [0.25, 0.3) is 0 Å². The summed E-state index contributed by atoms with van der Waals surface area (Å²) in [5.41, 5.74) is 14.1. The van der Waals surface area contributed by atoms with Crippen LogP contribution in [0.1, 0.15) is 72.9 Å². The number of rotatable bonds is 6. The van der Waals surface area contributed by atoms with Gasteiger partial charge in [-0.3, -0.25) is 9.13 Å². The summed E-state index contributed by atoms with van der Waals surface area (Å²) in [6.45, 7) is 8.98. The smallest absolute Gasteiger partial charge is 0.137 e. The molecule has 0 radical (unpaired) electrons. The van der Waals surface area contributed by atoms with Crippen LogP contribution >= 0.6 is 0 Å². The van der Waals surface area contributed by atoms with Gasteiger partial charge in [-0.15, -0.1) is 0 Å². The molecule has 0 N–H and O–H groups in total. The summed E-state index contributed by atoms with van der Waals surface area (Å²) in [7, 11) is 0. The fraction of sp³-hybridized carbons (Fsp3) is 0.132. The van der Waals surface area contributed by atoms with Crippen LogP contribution < -0.4 is 0 Å². The highest BCUT2D eigenvalue weighted by Crippen LogP contribution is 2.57. The van der Waals surface area contributed by atoms with Gasteiger partial charge in [-0.2, -0.15) is 0 Å². The van der Waals surface area contributed by atoms with Gasteiger partial charge < -0.3 is 0 Å². The van der Waals surface area contributed by atoms with E-state index in [0.29, 0.717) is 11.8 Å². The Morgan fingerprint density at radius 3 is 1.26 bits per heavy atom. The number of aromatic nitrogens is 4. The van der Waals surface area contributed by atoms with Crippen LogP contribution in [0, 0.1) is 0 Å². The van der Waals surface area contributed by atoms with E-state index in [9.17, 15) is 0 Å². The minimum atomic E-state index is -0.613. The maximum atomic E-state index is 5.00. The molecule has 0 amide bonds. The summed E-state index contributed by atoms with van der Waals surface area (Å²) in [6, 6.07) is 58.7. The Bertz CT molecular complexity index is 3000. The van der Waals surface area contributed by atoms with Crippen molar-refractivity contribution < 1.29 is 0 Å². The molecule has 0 atom stereocenters. The molecule has 4 heteroatoms. The third kappa shape index (κ3) is 4.80. The molecule has 0 aliphatic heterocycles. The first-order valence-electron chi connectivity index (χ1n) is 20.1. The number of para-hydroxylation sites is 2. The highest BCUT2D eigenvalue weighted by Gasteiger charge is 2.46. The number of hydrogen-bond acceptors (Lipinski definition) is 2. The Morgan fingerprint density at radius 1 is 0.404 bits per heavy atom. The van der Waals surface area contributed by atoms with E-state index in [1.165, 1.54) is 66.1 Å². The molecule has 0 saturated carbocycles. The summed E-state index contributed by atoms with van der Waals surface area (Å²) < 4.78 is 4.74. The molecular weight excluding hydrogens is 693 g/mol. The largest absolute Gasteiger partial charge is 0.294 e. The zero-order valence-electron chi connectivity index (χ0n) is 32.6. The van der Waals surface area contributed by atoms with Crippen LogP contribution in [0.3, 0.4) is 0 Å². The first-order valence-corrected chi connectivity index (χ1v) is 20.1.